The van der Waals surface area contributed by atoms with E-state index in [0.717, 1.165) is 11.6 Å². The fraction of sp³-hybridized carbons (Fsp3) is 0.200. The van der Waals surface area contributed by atoms with Crippen molar-refractivity contribution >= 4 is 34.8 Å². The molecule has 0 aromatic carbocycles. The number of rotatable bonds is 0. The number of aryl methyl sites for hydroxylation is 2. The van der Waals surface area contributed by atoms with Crippen LogP contribution >= 0.6 is 24.4 Å². The van der Waals surface area contributed by atoms with Gasteiger partial charge in [-0.2, -0.15) is 10.3 Å². The molecule has 0 saturated heterocycles. The minimum atomic E-state index is 0. The summed E-state index contributed by atoms with van der Waals surface area (Å²) in [6.07, 6.45) is 7.06. The minimum Gasteiger partial charge on any atom is -0.753 e. The molecule has 6 nitrogen and oxygen atoms in total. The molecule has 2 aromatic rings. The summed E-state index contributed by atoms with van der Waals surface area (Å²) in [6, 6.07) is 0. The quantitative estimate of drug-likeness (QED) is 0.569. The van der Waals surface area contributed by atoms with Gasteiger partial charge in [0.1, 0.15) is 11.6 Å². The SMILES string of the molecule is Cc1ncc[nH]1.Cc1ncc[nH]1.[Co+2].[N-]=C=S.[N-]=C=S. The van der Waals surface area contributed by atoms with Crippen molar-refractivity contribution in [3.05, 3.63) is 47.3 Å². The Bertz CT molecular complexity index is 398. The molecule has 0 amide bonds. The minimum absolute atomic E-state index is 0. The number of nitrogens with zero attached hydrogens (tertiary/aromatic N) is 4. The number of isothiocyanates is 2. The van der Waals surface area contributed by atoms with Crippen molar-refractivity contribution in [2.24, 2.45) is 0 Å². The van der Waals surface area contributed by atoms with Gasteiger partial charge in [0, 0.05) is 24.8 Å². The zero-order valence-electron chi connectivity index (χ0n) is 10.2. The standard InChI is InChI=1S/2C4H6N2.2CNS.Co/c2*1-4-5-2-3-6-4;2*2-1-3;/h2*2-3H,1H3,(H,5,6);;;/q;;2*-1;+2. The van der Waals surface area contributed by atoms with Gasteiger partial charge in [-0.1, -0.05) is 24.4 Å². The van der Waals surface area contributed by atoms with Crippen LogP contribution in [0.3, 0.4) is 0 Å². The van der Waals surface area contributed by atoms with E-state index in [4.69, 9.17) is 10.8 Å². The first-order chi connectivity index (χ1) is 8.62. The zero-order valence-corrected chi connectivity index (χ0v) is 12.9. The van der Waals surface area contributed by atoms with Crippen LogP contribution in [0.4, 0.5) is 0 Å². The van der Waals surface area contributed by atoms with Crippen molar-refractivity contribution in [1.82, 2.24) is 19.9 Å². The molecule has 0 unspecified atom stereocenters. The van der Waals surface area contributed by atoms with Gasteiger partial charge in [-0.3, -0.25) is 0 Å². The Hall–Kier alpha value is -1.47. The van der Waals surface area contributed by atoms with Crippen LogP contribution in [0.2, 0.25) is 0 Å². The molecule has 0 aliphatic carbocycles. The van der Waals surface area contributed by atoms with E-state index in [9.17, 15) is 0 Å². The third-order valence-corrected chi connectivity index (χ3v) is 1.27. The Balaban J connectivity index is -0.000000188. The molecular weight excluding hydrogens is 327 g/mol. The van der Waals surface area contributed by atoms with Crippen LogP contribution in [0.15, 0.2) is 24.8 Å². The molecule has 2 rings (SSSR count). The molecule has 0 fully saturated rings. The molecule has 2 heterocycles. The maximum Gasteiger partial charge on any atom is 2.00 e. The third-order valence-electron chi connectivity index (χ3n) is 1.27. The molecule has 0 aliphatic rings. The van der Waals surface area contributed by atoms with Crippen LogP contribution in [-0.2, 0) is 16.8 Å². The number of nitrogens with one attached hydrogen (secondary N) is 2. The molecule has 1 radical (unpaired) electrons. The van der Waals surface area contributed by atoms with Crippen LogP contribution in [0, 0.1) is 13.8 Å². The first-order valence-electron chi connectivity index (χ1n) is 4.56. The van der Waals surface area contributed by atoms with Gasteiger partial charge in [-0.25, -0.2) is 9.97 Å². The molecule has 0 spiro atoms. The topological polar surface area (TPSA) is 102 Å². The maximum atomic E-state index is 7.13. The second-order valence-electron chi connectivity index (χ2n) is 2.53. The molecule has 9 heteroatoms. The Morgan fingerprint density at radius 3 is 1.26 bits per heavy atom. The normalized spacial score (nSPS) is 6.42. The summed E-state index contributed by atoms with van der Waals surface area (Å²) in [7, 11) is 0. The average molecular weight is 339 g/mol. The molecule has 0 saturated carbocycles. The van der Waals surface area contributed by atoms with Crippen LogP contribution in [0.1, 0.15) is 11.6 Å². The number of imidazole rings is 2. The number of aromatic amines is 2. The fourth-order valence-electron chi connectivity index (χ4n) is 0.688. The van der Waals surface area contributed by atoms with Crippen molar-refractivity contribution in [2.75, 3.05) is 0 Å². The largest absolute Gasteiger partial charge is 2.00 e. The van der Waals surface area contributed by atoms with Gasteiger partial charge in [-0.15, -0.1) is 0 Å². The summed E-state index contributed by atoms with van der Waals surface area (Å²) in [5.41, 5.74) is 0. The van der Waals surface area contributed by atoms with Crippen LogP contribution in [0.25, 0.3) is 10.8 Å². The summed E-state index contributed by atoms with van der Waals surface area (Å²) in [5, 5.41) is 16.9. The first-order valence-corrected chi connectivity index (χ1v) is 5.38. The predicted octanol–water partition coefficient (Wildman–Crippen LogP) is 2.75. The van der Waals surface area contributed by atoms with E-state index in [2.05, 4.69) is 44.4 Å². The van der Waals surface area contributed by atoms with Crippen molar-refractivity contribution in [3.8, 4) is 0 Å². The first kappa shape index (κ1) is 22.7. The van der Waals surface area contributed by atoms with Gasteiger partial charge in [-0.05, 0) is 13.8 Å². The Morgan fingerprint density at radius 1 is 0.947 bits per heavy atom. The molecule has 0 bridgehead atoms. The zero-order chi connectivity index (χ0) is 14.2. The van der Waals surface area contributed by atoms with Gasteiger partial charge in [0.25, 0.3) is 0 Å². The van der Waals surface area contributed by atoms with Crippen molar-refractivity contribution < 1.29 is 16.8 Å². The maximum absolute atomic E-state index is 7.13. The molecule has 0 atom stereocenters. The van der Waals surface area contributed by atoms with Crippen LogP contribution < -0.4 is 0 Å². The van der Waals surface area contributed by atoms with E-state index < -0.39 is 0 Å². The van der Waals surface area contributed by atoms with Gasteiger partial charge in [0.2, 0.25) is 0 Å². The van der Waals surface area contributed by atoms with E-state index in [-0.39, 0.29) is 16.8 Å². The van der Waals surface area contributed by atoms with E-state index in [1.165, 1.54) is 10.3 Å². The predicted molar refractivity (Wildman–Crippen MR) is 78.6 cm³/mol. The summed E-state index contributed by atoms with van der Waals surface area (Å²) in [4.78, 5) is 13.5. The van der Waals surface area contributed by atoms with Crippen LogP contribution in [0.5, 0.6) is 0 Å². The third kappa shape index (κ3) is 22.2. The molecule has 19 heavy (non-hydrogen) atoms. The molecule has 2 N–H and O–H groups in total. The van der Waals surface area contributed by atoms with Crippen molar-refractivity contribution in [2.45, 2.75) is 13.8 Å². The Morgan fingerprint density at radius 2 is 1.21 bits per heavy atom. The Kier molecular flexibility index (Phi) is 22.5. The monoisotopic (exact) mass is 339 g/mol. The number of H-pyrrole nitrogens is 2. The number of hydrogen-bond donors (Lipinski definition) is 2. The molecule has 2 aromatic heterocycles. The van der Waals surface area contributed by atoms with Gasteiger partial charge in [0.15, 0.2) is 0 Å². The van der Waals surface area contributed by atoms with Crippen molar-refractivity contribution in [3.63, 3.8) is 0 Å². The molecular formula is C10H12CoN6S2. The van der Waals surface area contributed by atoms with Crippen LogP contribution in [-0.4, -0.2) is 30.3 Å². The number of thiocarbonyl (C=S) groups is 2. The van der Waals surface area contributed by atoms with Crippen molar-refractivity contribution in [1.29, 1.82) is 0 Å². The fourth-order valence-corrected chi connectivity index (χ4v) is 0.688. The summed E-state index contributed by atoms with van der Waals surface area (Å²) < 4.78 is 0. The van der Waals surface area contributed by atoms with E-state index in [1.54, 1.807) is 24.8 Å². The van der Waals surface area contributed by atoms with Gasteiger partial charge in [0.05, 0.1) is 0 Å². The van der Waals surface area contributed by atoms with E-state index >= 15 is 0 Å². The summed E-state index contributed by atoms with van der Waals surface area (Å²) in [5.74, 6) is 1.94. The second kappa shape index (κ2) is 18.9. The van der Waals surface area contributed by atoms with E-state index in [0.29, 0.717) is 0 Å². The number of aromatic nitrogens is 4. The van der Waals surface area contributed by atoms with Gasteiger partial charge < -0.3 is 20.8 Å². The van der Waals surface area contributed by atoms with E-state index in [1.807, 2.05) is 13.8 Å². The molecule has 0 aliphatic heterocycles. The Labute approximate surface area is 132 Å². The van der Waals surface area contributed by atoms with Gasteiger partial charge >= 0.3 is 16.8 Å². The summed E-state index contributed by atoms with van der Waals surface area (Å²) in [6.45, 7) is 3.83. The molecule has 103 valence electrons. The smallest absolute Gasteiger partial charge is 0.753 e. The second-order valence-corrected chi connectivity index (χ2v) is 2.90. The summed E-state index contributed by atoms with van der Waals surface area (Å²) >= 11 is 7.40. The number of hydrogen-bond acceptors (Lipinski definition) is 4. The average Bonchev–Trinajstić information content (AvgIpc) is 2.95.